The van der Waals surface area contributed by atoms with Crippen LogP contribution in [0, 0.1) is 5.92 Å². The van der Waals surface area contributed by atoms with E-state index in [-0.39, 0.29) is 40.4 Å². The van der Waals surface area contributed by atoms with Gasteiger partial charge in [0.25, 0.3) is 0 Å². The van der Waals surface area contributed by atoms with Crippen molar-refractivity contribution in [1.29, 1.82) is 0 Å². The summed E-state index contributed by atoms with van der Waals surface area (Å²) in [5, 5.41) is 7.52. The van der Waals surface area contributed by atoms with Crippen LogP contribution in [-0.2, 0) is 14.3 Å². The van der Waals surface area contributed by atoms with Gasteiger partial charge in [-0.2, -0.15) is 0 Å². The molecule has 0 spiro atoms. The van der Waals surface area contributed by atoms with Crippen LogP contribution in [0.4, 0.5) is 0 Å². The summed E-state index contributed by atoms with van der Waals surface area (Å²) in [5.74, 6) is 0.311. The van der Waals surface area contributed by atoms with Crippen molar-refractivity contribution < 1.29 is 14.3 Å². The van der Waals surface area contributed by atoms with Crippen LogP contribution in [0.25, 0.3) is 11.4 Å². The molecular formula is C18H22BrN3O3S. The van der Waals surface area contributed by atoms with Gasteiger partial charge in [0.1, 0.15) is 0 Å². The lowest BCUT2D eigenvalue weighted by Gasteiger charge is -2.20. The second kappa shape index (κ2) is 8.81. The SMILES string of the molecule is Br.CCCC1CC(C)(C(=O)CSc2n[nH]c(-c3ccccc3)n2)OC1=O. The highest BCUT2D eigenvalue weighted by Gasteiger charge is 2.47. The molecule has 0 amide bonds. The number of thioether (sulfide) groups is 1. The zero-order chi connectivity index (χ0) is 17.9. The number of hydrogen-bond donors (Lipinski definition) is 1. The lowest BCUT2D eigenvalue weighted by Crippen LogP contribution is -2.36. The monoisotopic (exact) mass is 439 g/mol. The molecule has 8 heteroatoms. The number of esters is 1. The average Bonchev–Trinajstić information content (AvgIpc) is 3.19. The van der Waals surface area contributed by atoms with Gasteiger partial charge in [-0.1, -0.05) is 55.4 Å². The number of H-pyrrole nitrogens is 1. The van der Waals surface area contributed by atoms with Crippen molar-refractivity contribution in [2.75, 3.05) is 5.75 Å². The molecule has 1 N–H and O–H groups in total. The summed E-state index contributed by atoms with van der Waals surface area (Å²) in [7, 11) is 0. The molecule has 0 bridgehead atoms. The summed E-state index contributed by atoms with van der Waals surface area (Å²) < 4.78 is 5.39. The second-order valence-corrected chi connectivity index (χ2v) is 7.33. The van der Waals surface area contributed by atoms with Crippen molar-refractivity contribution >= 4 is 40.5 Å². The molecule has 0 aliphatic carbocycles. The molecule has 2 atom stereocenters. The summed E-state index contributed by atoms with van der Waals surface area (Å²) in [6.45, 7) is 3.73. The van der Waals surface area contributed by atoms with E-state index in [4.69, 9.17) is 4.74 Å². The van der Waals surface area contributed by atoms with Crippen LogP contribution >= 0.6 is 28.7 Å². The van der Waals surface area contributed by atoms with E-state index in [1.54, 1.807) is 6.92 Å². The van der Waals surface area contributed by atoms with E-state index in [1.165, 1.54) is 11.8 Å². The van der Waals surface area contributed by atoms with Gasteiger partial charge < -0.3 is 4.74 Å². The van der Waals surface area contributed by atoms with Crippen molar-refractivity contribution in [3.8, 4) is 11.4 Å². The normalized spacial score (nSPS) is 21.9. The molecule has 0 saturated carbocycles. The van der Waals surface area contributed by atoms with Crippen LogP contribution in [0.2, 0.25) is 0 Å². The van der Waals surface area contributed by atoms with Crippen LogP contribution in [0.1, 0.15) is 33.1 Å². The molecule has 0 radical (unpaired) electrons. The molecule has 2 heterocycles. The standard InChI is InChI=1S/C18H21N3O3S.BrH/c1-3-7-13-10-18(2,24-16(13)23)14(22)11-25-17-19-15(20-21-17)12-8-5-4-6-9-12;/h4-6,8-9,13H,3,7,10-11H2,1-2H3,(H,19,20,21);1H. The molecule has 2 unspecified atom stereocenters. The highest BCUT2D eigenvalue weighted by atomic mass is 79.9. The Morgan fingerprint density at radius 3 is 2.81 bits per heavy atom. The zero-order valence-corrected chi connectivity index (χ0v) is 17.3. The van der Waals surface area contributed by atoms with Gasteiger partial charge in [-0.15, -0.1) is 22.1 Å². The van der Waals surface area contributed by atoms with E-state index in [0.29, 0.717) is 17.4 Å². The quantitative estimate of drug-likeness (QED) is 0.520. The first-order chi connectivity index (χ1) is 12.0. The minimum atomic E-state index is -1.03. The van der Waals surface area contributed by atoms with E-state index in [2.05, 4.69) is 15.2 Å². The summed E-state index contributed by atoms with van der Waals surface area (Å²) in [5.41, 5.74) is -0.0880. The van der Waals surface area contributed by atoms with E-state index in [9.17, 15) is 9.59 Å². The third-order valence-corrected chi connectivity index (χ3v) is 5.21. The number of aromatic nitrogens is 3. The fraction of sp³-hybridized carbons (Fsp3) is 0.444. The summed E-state index contributed by atoms with van der Waals surface area (Å²) in [4.78, 5) is 28.9. The molecule has 26 heavy (non-hydrogen) atoms. The molecule has 6 nitrogen and oxygen atoms in total. The number of rotatable bonds is 7. The third-order valence-electron chi connectivity index (χ3n) is 4.37. The Kier molecular flexibility index (Phi) is 7.00. The smallest absolute Gasteiger partial charge is 0.310 e. The van der Waals surface area contributed by atoms with Crippen LogP contribution in [0.15, 0.2) is 35.5 Å². The van der Waals surface area contributed by atoms with E-state index in [1.807, 2.05) is 37.3 Å². The molecule has 1 aliphatic heterocycles. The number of aromatic amines is 1. The van der Waals surface area contributed by atoms with Gasteiger partial charge in [0.2, 0.25) is 5.16 Å². The van der Waals surface area contributed by atoms with Crippen molar-refractivity contribution in [1.82, 2.24) is 15.2 Å². The molecular weight excluding hydrogens is 418 g/mol. The number of halogens is 1. The number of ketones is 1. The van der Waals surface area contributed by atoms with E-state index >= 15 is 0 Å². The molecule has 1 fully saturated rings. The van der Waals surface area contributed by atoms with Gasteiger partial charge in [0.05, 0.1) is 11.7 Å². The van der Waals surface area contributed by atoms with Gasteiger partial charge in [-0.3, -0.25) is 14.7 Å². The van der Waals surface area contributed by atoms with Crippen molar-refractivity contribution in [3.63, 3.8) is 0 Å². The number of carbonyl (C=O) groups excluding carboxylic acids is 2. The minimum Gasteiger partial charge on any atom is -0.451 e. The van der Waals surface area contributed by atoms with Crippen LogP contribution in [-0.4, -0.2) is 38.3 Å². The van der Waals surface area contributed by atoms with Gasteiger partial charge in [-0.05, 0) is 13.3 Å². The summed E-state index contributed by atoms with van der Waals surface area (Å²) in [6, 6.07) is 9.66. The van der Waals surface area contributed by atoms with Gasteiger partial charge in [0.15, 0.2) is 17.2 Å². The first-order valence-electron chi connectivity index (χ1n) is 8.38. The Bertz CT molecular complexity index is 768. The average molecular weight is 440 g/mol. The number of benzene rings is 1. The number of cyclic esters (lactones) is 1. The topological polar surface area (TPSA) is 84.9 Å². The Hall–Kier alpha value is -1.67. The third kappa shape index (κ3) is 4.54. The maximum absolute atomic E-state index is 12.5. The molecule has 1 saturated heterocycles. The number of ether oxygens (including phenoxy) is 1. The molecule has 2 aromatic rings. The first kappa shape index (κ1) is 20.6. The minimum absolute atomic E-state index is 0. The van der Waals surface area contributed by atoms with Crippen molar-refractivity contribution in [2.45, 2.75) is 43.9 Å². The lowest BCUT2D eigenvalue weighted by atomic mass is 9.90. The van der Waals surface area contributed by atoms with Gasteiger partial charge >= 0.3 is 5.97 Å². The van der Waals surface area contributed by atoms with Crippen molar-refractivity contribution in [3.05, 3.63) is 30.3 Å². The molecule has 1 aliphatic rings. The van der Waals surface area contributed by atoms with Crippen molar-refractivity contribution in [2.24, 2.45) is 5.92 Å². The number of Topliss-reactive ketones (excluding diaryl/α,β-unsaturated/α-hetero) is 1. The zero-order valence-electron chi connectivity index (χ0n) is 14.7. The maximum atomic E-state index is 12.5. The van der Waals surface area contributed by atoms with Crippen LogP contribution < -0.4 is 0 Å². The van der Waals surface area contributed by atoms with Crippen LogP contribution in [0.3, 0.4) is 0 Å². The maximum Gasteiger partial charge on any atom is 0.310 e. The predicted octanol–water partition coefficient (Wildman–Crippen LogP) is 3.83. The van der Waals surface area contributed by atoms with E-state index < -0.39 is 5.60 Å². The number of hydrogen-bond acceptors (Lipinski definition) is 6. The van der Waals surface area contributed by atoms with E-state index in [0.717, 1.165) is 18.4 Å². The molecule has 140 valence electrons. The highest BCUT2D eigenvalue weighted by molar-refractivity contribution is 8.93. The molecule has 1 aromatic heterocycles. The van der Waals surface area contributed by atoms with Gasteiger partial charge in [0, 0.05) is 12.0 Å². The summed E-state index contributed by atoms with van der Waals surface area (Å²) >= 11 is 1.25. The highest BCUT2D eigenvalue weighted by Crippen LogP contribution is 2.35. The fourth-order valence-electron chi connectivity index (χ4n) is 2.96. The number of nitrogens with zero attached hydrogens (tertiary/aromatic N) is 2. The van der Waals surface area contributed by atoms with Crippen LogP contribution in [0.5, 0.6) is 0 Å². The fourth-order valence-corrected chi connectivity index (χ4v) is 3.79. The molecule has 3 rings (SSSR count). The second-order valence-electron chi connectivity index (χ2n) is 6.39. The number of nitrogens with one attached hydrogen (secondary N) is 1. The number of carbonyl (C=O) groups is 2. The Morgan fingerprint density at radius 1 is 1.38 bits per heavy atom. The Morgan fingerprint density at radius 2 is 2.12 bits per heavy atom. The lowest BCUT2D eigenvalue weighted by molar-refractivity contribution is -0.156. The summed E-state index contributed by atoms with van der Waals surface area (Å²) in [6.07, 6.45) is 2.12. The largest absolute Gasteiger partial charge is 0.451 e. The Labute approximate surface area is 167 Å². The predicted molar refractivity (Wildman–Crippen MR) is 105 cm³/mol. The molecule has 1 aromatic carbocycles. The Balaban J connectivity index is 0.00000243. The van der Waals surface area contributed by atoms with Gasteiger partial charge in [-0.25, -0.2) is 4.98 Å². The first-order valence-corrected chi connectivity index (χ1v) is 9.37.